The first-order chi connectivity index (χ1) is 9.29. The van der Waals surface area contributed by atoms with E-state index >= 15 is 0 Å². The molecule has 1 aromatic heterocycles. The van der Waals surface area contributed by atoms with Gasteiger partial charge >= 0.3 is 0 Å². The maximum absolute atomic E-state index is 13.2. The molecule has 1 heterocycles. The van der Waals surface area contributed by atoms with Crippen molar-refractivity contribution < 1.29 is 9.13 Å². The first-order valence-electron chi connectivity index (χ1n) is 5.80. The zero-order valence-electron chi connectivity index (χ0n) is 10.3. The van der Waals surface area contributed by atoms with Crippen LogP contribution in [0, 0.1) is 17.7 Å². The maximum atomic E-state index is 13.2. The first kappa shape index (κ1) is 13.1. The molecule has 0 aliphatic rings. The third kappa shape index (κ3) is 3.80. The van der Waals surface area contributed by atoms with Crippen LogP contribution in [0.25, 0.3) is 0 Å². The van der Waals surface area contributed by atoms with Gasteiger partial charge in [-0.1, -0.05) is 11.8 Å². The lowest BCUT2D eigenvalue weighted by atomic mass is 10.2. The van der Waals surface area contributed by atoms with Gasteiger partial charge in [0.05, 0.1) is 12.1 Å². The van der Waals surface area contributed by atoms with Crippen LogP contribution < -0.4 is 10.5 Å². The van der Waals surface area contributed by atoms with E-state index < -0.39 is 0 Å². The molecule has 2 aromatic rings. The van der Waals surface area contributed by atoms with Crippen molar-refractivity contribution in [3.63, 3.8) is 0 Å². The Bertz CT molecular complexity index is 603. The van der Waals surface area contributed by atoms with Gasteiger partial charge in [0.2, 0.25) is 0 Å². The molecule has 0 bridgehead atoms. The number of hydrogen-bond donors (Lipinski definition) is 1. The van der Waals surface area contributed by atoms with Gasteiger partial charge in [0, 0.05) is 18.5 Å². The van der Waals surface area contributed by atoms with Gasteiger partial charge < -0.3 is 10.5 Å². The van der Waals surface area contributed by atoms with E-state index in [9.17, 15) is 4.39 Å². The molecular formula is C15H13FN2O. The lowest BCUT2D eigenvalue weighted by molar-refractivity contribution is 0.303. The molecule has 0 saturated heterocycles. The fourth-order valence-corrected chi connectivity index (χ4v) is 1.51. The second kappa shape index (κ2) is 6.53. The van der Waals surface area contributed by atoms with Crippen molar-refractivity contribution in [3.8, 4) is 17.6 Å². The number of nitrogens with zero attached hydrogens (tertiary/aromatic N) is 1. The number of benzene rings is 1. The predicted octanol–water partition coefficient (Wildman–Crippen LogP) is 2.11. The van der Waals surface area contributed by atoms with Gasteiger partial charge in [-0.3, -0.25) is 4.98 Å². The highest BCUT2D eigenvalue weighted by atomic mass is 19.1. The Balaban J connectivity index is 2.16. The zero-order valence-corrected chi connectivity index (χ0v) is 10.3. The number of aromatic nitrogens is 1. The molecule has 2 rings (SSSR count). The molecule has 0 amide bonds. The summed E-state index contributed by atoms with van der Waals surface area (Å²) < 4.78 is 18.8. The molecule has 0 spiro atoms. The molecule has 1 aromatic carbocycles. The Hall–Kier alpha value is -2.38. The summed E-state index contributed by atoms with van der Waals surface area (Å²) in [6, 6.07) is 7.93. The summed E-state index contributed by atoms with van der Waals surface area (Å²) in [4.78, 5) is 3.92. The quantitative estimate of drug-likeness (QED) is 0.856. The van der Waals surface area contributed by atoms with Crippen molar-refractivity contribution >= 4 is 0 Å². The Morgan fingerprint density at radius 3 is 2.74 bits per heavy atom. The normalized spacial score (nSPS) is 9.58. The third-order valence-electron chi connectivity index (χ3n) is 2.41. The molecule has 2 N–H and O–H groups in total. The smallest absolute Gasteiger partial charge is 0.138 e. The van der Waals surface area contributed by atoms with Crippen LogP contribution >= 0.6 is 0 Å². The molecule has 0 unspecified atom stereocenters. The van der Waals surface area contributed by atoms with Gasteiger partial charge in [-0.2, -0.15) is 0 Å². The van der Waals surface area contributed by atoms with Crippen molar-refractivity contribution in [2.45, 2.75) is 6.61 Å². The van der Waals surface area contributed by atoms with Gasteiger partial charge in [-0.05, 0) is 29.8 Å². The number of hydrogen-bond acceptors (Lipinski definition) is 3. The van der Waals surface area contributed by atoms with E-state index in [0.29, 0.717) is 17.9 Å². The van der Waals surface area contributed by atoms with E-state index in [0.717, 1.165) is 5.56 Å². The molecule has 96 valence electrons. The summed E-state index contributed by atoms with van der Waals surface area (Å²) in [6.07, 6.45) is 3.36. The molecule has 0 aliphatic carbocycles. The van der Waals surface area contributed by atoms with Crippen molar-refractivity contribution in [3.05, 3.63) is 59.7 Å². The Labute approximate surface area is 111 Å². The number of halogens is 1. The van der Waals surface area contributed by atoms with E-state index in [1.165, 1.54) is 12.1 Å². The van der Waals surface area contributed by atoms with Crippen LogP contribution in [0.4, 0.5) is 4.39 Å². The van der Waals surface area contributed by atoms with Crippen LogP contribution in [0.2, 0.25) is 0 Å². The van der Waals surface area contributed by atoms with E-state index in [2.05, 4.69) is 16.8 Å². The Morgan fingerprint density at radius 2 is 2.00 bits per heavy atom. The molecule has 19 heavy (non-hydrogen) atoms. The van der Waals surface area contributed by atoms with Crippen LogP contribution in [0.1, 0.15) is 11.1 Å². The summed E-state index contributed by atoms with van der Waals surface area (Å²) in [5.74, 6) is 5.64. The standard InChI is InChI=1S/C15H13FN2O/c16-14-4-3-13(2-1-7-17)15(10-14)19-11-12-5-8-18-9-6-12/h3-6,8-10H,7,11,17H2. The van der Waals surface area contributed by atoms with E-state index in [-0.39, 0.29) is 12.4 Å². The second-order valence-electron chi connectivity index (χ2n) is 3.79. The first-order valence-corrected chi connectivity index (χ1v) is 5.80. The molecule has 0 saturated carbocycles. The minimum Gasteiger partial charge on any atom is -0.487 e. The van der Waals surface area contributed by atoms with Crippen LogP contribution in [0.5, 0.6) is 5.75 Å². The highest BCUT2D eigenvalue weighted by Crippen LogP contribution is 2.20. The highest BCUT2D eigenvalue weighted by Gasteiger charge is 2.04. The highest BCUT2D eigenvalue weighted by molar-refractivity contribution is 5.46. The topological polar surface area (TPSA) is 48.1 Å². The van der Waals surface area contributed by atoms with Gasteiger partial charge in [0.1, 0.15) is 18.2 Å². The number of rotatable bonds is 3. The fourth-order valence-electron chi connectivity index (χ4n) is 1.51. The molecule has 0 radical (unpaired) electrons. The van der Waals surface area contributed by atoms with E-state index in [4.69, 9.17) is 10.5 Å². The van der Waals surface area contributed by atoms with Crippen molar-refractivity contribution in [1.29, 1.82) is 0 Å². The summed E-state index contributed by atoms with van der Waals surface area (Å²) in [7, 11) is 0. The summed E-state index contributed by atoms with van der Waals surface area (Å²) in [5.41, 5.74) is 6.91. The largest absolute Gasteiger partial charge is 0.487 e. The van der Waals surface area contributed by atoms with Crippen molar-refractivity contribution in [1.82, 2.24) is 4.98 Å². The lowest BCUT2D eigenvalue weighted by Gasteiger charge is -2.08. The molecule has 0 fully saturated rings. The summed E-state index contributed by atoms with van der Waals surface area (Å²) >= 11 is 0. The SMILES string of the molecule is NCC#Cc1ccc(F)cc1OCc1ccncc1. The maximum Gasteiger partial charge on any atom is 0.138 e. The van der Waals surface area contributed by atoms with Crippen LogP contribution in [0.15, 0.2) is 42.7 Å². The summed E-state index contributed by atoms with van der Waals surface area (Å²) in [6.45, 7) is 0.588. The number of nitrogens with two attached hydrogens (primary N) is 1. The molecule has 0 aliphatic heterocycles. The van der Waals surface area contributed by atoms with E-state index in [1.54, 1.807) is 18.5 Å². The molecular weight excluding hydrogens is 243 g/mol. The summed E-state index contributed by atoms with van der Waals surface area (Å²) in [5, 5.41) is 0. The number of pyridine rings is 1. The average Bonchev–Trinajstić information content (AvgIpc) is 2.45. The van der Waals surface area contributed by atoms with E-state index in [1.807, 2.05) is 12.1 Å². The third-order valence-corrected chi connectivity index (χ3v) is 2.41. The van der Waals surface area contributed by atoms with Crippen LogP contribution in [-0.2, 0) is 6.61 Å². The predicted molar refractivity (Wildman–Crippen MR) is 70.9 cm³/mol. The minimum atomic E-state index is -0.358. The van der Waals surface area contributed by atoms with Gasteiger partial charge in [-0.15, -0.1) is 0 Å². The van der Waals surface area contributed by atoms with Crippen molar-refractivity contribution in [2.75, 3.05) is 6.54 Å². The number of ether oxygens (including phenoxy) is 1. The lowest BCUT2D eigenvalue weighted by Crippen LogP contribution is -1.98. The monoisotopic (exact) mass is 256 g/mol. The molecule has 4 heteroatoms. The van der Waals surface area contributed by atoms with Gasteiger partial charge in [0.25, 0.3) is 0 Å². The second-order valence-corrected chi connectivity index (χ2v) is 3.79. The van der Waals surface area contributed by atoms with Crippen LogP contribution in [0.3, 0.4) is 0 Å². The fraction of sp³-hybridized carbons (Fsp3) is 0.133. The minimum absolute atomic E-state index is 0.251. The molecule has 0 atom stereocenters. The molecule has 3 nitrogen and oxygen atoms in total. The average molecular weight is 256 g/mol. The Morgan fingerprint density at radius 1 is 1.21 bits per heavy atom. The van der Waals surface area contributed by atoms with Gasteiger partial charge in [0.15, 0.2) is 0 Å². The zero-order chi connectivity index (χ0) is 13.5. The van der Waals surface area contributed by atoms with Gasteiger partial charge in [-0.25, -0.2) is 4.39 Å². The van der Waals surface area contributed by atoms with Crippen molar-refractivity contribution in [2.24, 2.45) is 5.73 Å². The van der Waals surface area contributed by atoms with Crippen LogP contribution in [-0.4, -0.2) is 11.5 Å². The Kier molecular flexibility index (Phi) is 4.49.